The Bertz CT molecular complexity index is 564. The van der Waals surface area contributed by atoms with Crippen LogP contribution in [0.4, 0.5) is 0 Å². The van der Waals surface area contributed by atoms with Crippen molar-refractivity contribution in [3.63, 3.8) is 0 Å². The van der Waals surface area contributed by atoms with Crippen LogP contribution >= 0.6 is 0 Å². The summed E-state index contributed by atoms with van der Waals surface area (Å²) >= 11 is 0. The van der Waals surface area contributed by atoms with Crippen LogP contribution < -0.4 is 0 Å². The lowest BCUT2D eigenvalue weighted by Gasteiger charge is -2.23. The third-order valence-electron chi connectivity index (χ3n) is 2.91. The molecule has 0 aliphatic carbocycles. The second-order valence-corrected chi connectivity index (χ2v) is 4.64. The van der Waals surface area contributed by atoms with Gasteiger partial charge in [0.15, 0.2) is 0 Å². The molecule has 1 aromatic rings. The Kier molecular flexibility index (Phi) is 6.73. The number of terminal acetylenes is 2. The van der Waals surface area contributed by atoms with E-state index >= 15 is 0 Å². The van der Waals surface area contributed by atoms with Gasteiger partial charge in [-0.1, -0.05) is 24.3 Å². The predicted octanol–water partition coefficient (Wildman–Crippen LogP) is 2.94. The van der Waals surface area contributed by atoms with Crippen molar-refractivity contribution in [2.75, 3.05) is 0 Å². The average Bonchev–Trinajstić information content (AvgIpc) is 2.45. The molecule has 0 bridgehead atoms. The minimum absolute atomic E-state index is 0.222. The minimum Gasteiger partial charge on any atom is -0.457 e. The van der Waals surface area contributed by atoms with Crippen LogP contribution in [0.3, 0.4) is 0 Å². The molecule has 0 fully saturated rings. The molecule has 0 radical (unpaired) electrons. The molecule has 1 rings (SSSR count). The van der Waals surface area contributed by atoms with Gasteiger partial charge in [-0.15, -0.1) is 24.7 Å². The Balaban J connectivity index is 3.24. The third kappa shape index (κ3) is 5.00. The zero-order valence-corrected chi connectivity index (χ0v) is 12.7. The van der Waals surface area contributed by atoms with Gasteiger partial charge in [0.2, 0.25) is 0 Å². The molecule has 0 unspecified atom stereocenters. The van der Waals surface area contributed by atoms with Gasteiger partial charge in [-0.25, -0.2) is 0 Å². The average molecular weight is 298 g/mol. The van der Waals surface area contributed by atoms with Gasteiger partial charge in [0.25, 0.3) is 0 Å². The zero-order valence-electron chi connectivity index (χ0n) is 12.7. The topological polar surface area (TPSA) is 52.6 Å². The number of benzene rings is 1. The summed E-state index contributed by atoms with van der Waals surface area (Å²) in [6, 6.07) is 7.17. The SMILES string of the molecule is C#CC[C@H](OC(C)=O)c1ccccc1[C@H](CC#C)OC(C)=O. The van der Waals surface area contributed by atoms with Crippen molar-refractivity contribution in [3.05, 3.63) is 35.4 Å². The highest BCUT2D eigenvalue weighted by atomic mass is 16.5. The lowest BCUT2D eigenvalue weighted by molar-refractivity contribution is -0.148. The maximum atomic E-state index is 11.3. The molecule has 1 aromatic carbocycles. The van der Waals surface area contributed by atoms with E-state index in [2.05, 4.69) is 11.8 Å². The maximum absolute atomic E-state index is 11.3. The fourth-order valence-corrected chi connectivity index (χ4v) is 2.14. The van der Waals surface area contributed by atoms with Gasteiger partial charge in [0, 0.05) is 25.0 Å². The molecule has 0 aliphatic rings. The molecule has 4 heteroatoms. The normalized spacial score (nSPS) is 12.4. The first-order chi connectivity index (χ1) is 10.5. The van der Waals surface area contributed by atoms with Gasteiger partial charge in [-0.2, -0.15) is 0 Å². The highest BCUT2D eigenvalue weighted by Crippen LogP contribution is 2.32. The highest BCUT2D eigenvalue weighted by molar-refractivity contribution is 5.67. The Labute approximate surface area is 130 Å². The summed E-state index contributed by atoms with van der Waals surface area (Å²) in [5.74, 6) is 4.10. The first kappa shape index (κ1) is 17.3. The molecule has 0 aliphatic heterocycles. The molecular weight excluding hydrogens is 280 g/mol. The quantitative estimate of drug-likeness (QED) is 0.598. The number of esters is 2. The van der Waals surface area contributed by atoms with E-state index in [0.717, 1.165) is 0 Å². The molecule has 0 aromatic heterocycles. The Morgan fingerprint density at radius 1 is 0.955 bits per heavy atom. The molecule has 0 saturated heterocycles. The van der Waals surface area contributed by atoms with Crippen molar-refractivity contribution in [1.82, 2.24) is 0 Å². The van der Waals surface area contributed by atoms with Crippen molar-refractivity contribution in [2.24, 2.45) is 0 Å². The van der Waals surface area contributed by atoms with E-state index in [4.69, 9.17) is 22.3 Å². The molecule has 0 spiro atoms. The molecule has 0 N–H and O–H groups in total. The molecule has 0 amide bonds. The first-order valence-corrected chi connectivity index (χ1v) is 6.79. The molecule has 114 valence electrons. The van der Waals surface area contributed by atoms with Gasteiger partial charge in [-0.3, -0.25) is 9.59 Å². The van der Waals surface area contributed by atoms with Crippen LogP contribution in [0.2, 0.25) is 0 Å². The summed E-state index contributed by atoms with van der Waals surface area (Å²) in [5, 5.41) is 0. The van der Waals surface area contributed by atoms with Gasteiger partial charge in [-0.05, 0) is 0 Å². The fraction of sp³-hybridized carbons (Fsp3) is 0.333. The smallest absolute Gasteiger partial charge is 0.303 e. The summed E-state index contributed by atoms with van der Waals surface area (Å²) in [7, 11) is 0. The third-order valence-corrected chi connectivity index (χ3v) is 2.91. The molecule has 4 nitrogen and oxygen atoms in total. The summed E-state index contributed by atoms with van der Waals surface area (Å²) in [6.07, 6.45) is 9.94. The van der Waals surface area contributed by atoms with E-state index in [1.54, 1.807) is 24.3 Å². The molecule has 2 atom stereocenters. The molecule has 0 heterocycles. The predicted molar refractivity (Wildman–Crippen MR) is 82.4 cm³/mol. The lowest BCUT2D eigenvalue weighted by Crippen LogP contribution is -2.15. The Morgan fingerprint density at radius 2 is 1.32 bits per heavy atom. The van der Waals surface area contributed by atoms with Crippen molar-refractivity contribution in [1.29, 1.82) is 0 Å². The fourth-order valence-electron chi connectivity index (χ4n) is 2.14. The number of ether oxygens (including phenoxy) is 2. The number of rotatable bonds is 6. The van der Waals surface area contributed by atoms with Crippen molar-refractivity contribution >= 4 is 11.9 Å². The van der Waals surface area contributed by atoms with Crippen LogP contribution in [-0.4, -0.2) is 11.9 Å². The van der Waals surface area contributed by atoms with Crippen LogP contribution in [-0.2, 0) is 19.1 Å². The minimum atomic E-state index is -0.602. The van der Waals surface area contributed by atoms with Gasteiger partial charge in [0.1, 0.15) is 12.2 Å². The van der Waals surface area contributed by atoms with Crippen molar-refractivity contribution in [3.8, 4) is 24.7 Å². The number of hydrogen-bond donors (Lipinski definition) is 0. The van der Waals surface area contributed by atoms with Crippen LogP contribution in [0.15, 0.2) is 24.3 Å². The van der Waals surface area contributed by atoms with E-state index in [1.807, 2.05) is 0 Å². The number of carbonyl (C=O) groups excluding carboxylic acids is 2. The highest BCUT2D eigenvalue weighted by Gasteiger charge is 2.23. The number of hydrogen-bond acceptors (Lipinski definition) is 4. The van der Waals surface area contributed by atoms with Gasteiger partial charge in [0.05, 0.1) is 12.8 Å². The zero-order chi connectivity index (χ0) is 16.5. The van der Waals surface area contributed by atoms with E-state index in [1.165, 1.54) is 13.8 Å². The Hall–Kier alpha value is -2.72. The monoisotopic (exact) mass is 298 g/mol. The van der Waals surface area contributed by atoms with Crippen LogP contribution in [0.25, 0.3) is 0 Å². The van der Waals surface area contributed by atoms with E-state index in [0.29, 0.717) is 11.1 Å². The summed E-state index contributed by atoms with van der Waals surface area (Å²) in [4.78, 5) is 22.6. The maximum Gasteiger partial charge on any atom is 0.303 e. The van der Waals surface area contributed by atoms with E-state index < -0.39 is 24.1 Å². The van der Waals surface area contributed by atoms with Crippen LogP contribution in [0.5, 0.6) is 0 Å². The second kappa shape index (κ2) is 8.54. The van der Waals surface area contributed by atoms with Crippen LogP contribution in [0.1, 0.15) is 50.0 Å². The molecule has 22 heavy (non-hydrogen) atoms. The van der Waals surface area contributed by atoms with Gasteiger partial charge < -0.3 is 9.47 Å². The molecular formula is C18H18O4. The second-order valence-electron chi connectivity index (χ2n) is 4.64. The molecule has 0 saturated carbocycles. The standard InChI is InChI=1S/C18H18O4/c1-5-9-17(21-13(3)19)15-11-7-8-12-16(15)18(10-6-2)22-14(4)20/h1-2,7-8,11-12,17-18H,9-10H2,3-4H3/t17-,18-/m0/s1. The lowest BCUT2D eigenvalue weighted by atomic mass is 9.95. The van der Waals surface area contributed by atoms with Crippen LogP contribution in [0, 0.1) is 24.7 Å². The first-order valence-electron chi connectivity index (χ1n) is 6.79. The van der Waals surface area contributed by atoms with E-state index in [-0.39, 0.29) is 12.8 Å². The van der Waals surface area contributed by atoms with Gasteiger partial charge >= 0.3 is 11.9 Å². The summed E-state index contributed by atoms with van der Waals surface area (Å²) < 4.78 is 10.6. The Morgan fingerprint density at radius 3 is 1.59 bits per heavy atom. The van der Waals surface area contributed by atoms with Crippen molar-refractivity contribution in [2.45, 2.75) is 38.9 Å². The summed E-state index contributed by atoms with van der Waals surface area (Å²) in [5.41, 5.74) is 1.38. The van der Waals surface area contributed by atoms with Crippen molar-refractivity contribution < 1.29 is 19.1 Å². The summed E-state index contributed by atoms with van der Waals surface area (Å²) in [6.45, 7) is 2.63. The number of carbonyl (C=O) groups is 2. The van der Waals surface area contributed by atoms with E-state index in [9.17, 15) is 9.59 Å². The largest absolute Gasteiger partial charge is 0.457 e.